The van der Waals surface area contributed by atoms with E-state index in [9.17, 15) is 4.79 Å². The van der Waals surface area contributed by atoms with Gasteiger partial charge in [0.25, 0.3) is 0 Å². The largest absolute Gasteiger partial charge is 0.465 e. The number of esters is 1. The lowest BCUT2D eigenvalue weighted by Crippen LogP contribution is -2.48. The Balaban J connectivity index is 1.88. The van der Waals surface area contributed by atoms with E-state index in [2.05, 4.69) is 4.90 Å². The van der Waals surface area contributed by atoms with Crippen molar-refractivity contribution < 1.29 is 14.3 Å². The van der Waals surface area contributed by atoms with Gasteiger partial charge in [0.1, 0.15) is 6.04 Å². The summed E-state index contributed by atoms with van der Waals surface area (Å²) in [6, 6.07) is 0.00143. The van der Waals surface area contributed by atoms with Gasteiger partial charge in [-0.15, -0.1) is 0 Å². The molecule has 104 valence electrons. The van der Waals surface area contributed by atoms with Crippen LogP contribution in [0.15, 0.2) is 0 Å². The van der Waals surface area contributed by atoms with Crippen molar-refractivity contribution in [1.82, 2.24) is 4.90 Å². The van der Waals surface area contributed by atoms with Crippen LogP contribution in [0.4, 0.5) is 0 Å². The molecule has 2 aliphatic rings. The third-order valence-corrected chi connectivity index (χ3v) is 4.01. The molecule has 0 aromatic carbocycles. The lowest BCUT2D eigenvalue weighted by molar-refractivity contribution is -0.151. The molecule has 2 saturated heterocycles. The number of nitrogens with zero attached hydrogens (tertiary/aromatic N) is 1. The molecule has 2 heterocycles. The molecule has 2 aliphatic heterocycles. The van der Waals surface area contributed by atoms with Crippen LogP contribution in [0.25, 0.3) is 0 Å². The molecule has 1 atom stereocenters. The maximum atomic E-state index is 12.0. The van der Waals surface area contributed by atoms with E-state index in [1.54, 1.807) is 0 Å². The number of hydrogen-bond donors (Lipinski definition) is 0. The molecule has 2 fully saturated rings. The van der Waals surface area contributed by atoms with E-state index in [-0.39, 0.29) is 12.0 Å². The molecule has 0 N–H and O–H groups in total. The molecule has 0 spiro atoms. The minimum absolute atomic E-state index is 0.00143. The summed E-state index contributed by atoms with van der Waals surface area (Å²) in [5.41, 5.74) is 0. The number of rotatable bonds is 4. The number of carbonyl (C=O) groups excluding carboxylic acids is 1. The lowest BCUT2D eigenvalue weighted by atomic mass is 9.95. The standard InChI is InChI=1S/C14H25NO3/c1-2-18-14(16)13-5-3-4-8-15(13)11-12-6-9-17-10-7-12/h12-13H,2-11H2,1H3. The zero-order chi connectivity index (χ0) is 12.8. The molecule has 2 rings (SSSR count). The van der Waals surface area contributed by atoms with Gasteiger partial charge in [-0.3, -0.25) is 9.69 Å². The zero-order valence-corrected chi connectivity index (χ0v) is 11.4. The lowest BCUT2D eigenvalue weighted by Gasteiger charge is -2.37. The molecule has 0 aromatic heterocycles. The fourth-order valence-electron chi connectivity index (χ4n) is 2.98. The molecule has 0 saturated carbocycles. The fraction of sp³-hybridized carbons (Fsp3) is 0.929. The second-order valence-corrected chi connectivity index (χ2v) is 5.31. The predicted molar refractivity (Wildman–Crippen MR) is 69.4 cm³/mol. The SMILES string of the molecule is CCOC(=O)C1CCCCN1CC1CCOCC1. The van der Waals surface area contributed by atoms with E-state index in [1.807, 2.05) is 6.92 Å². The summed E-state index contributed by atoms with van der Waals surface area (Å²) in [6.07, 6.45) is 5.58. The minimum Gasteiger partial charge on any atom is -0.465 e. The quantitative estimate of drug-likeness (QED) is 0.718. The van der Waals surface area contributed by atoms with Gasteiger partial charge in [0.2, 0.25) is 0 Å². The highest BCUT2D eigenvalue weighted by molar-refractivity contribution is 5.75. The Morgan fingerprint density at radius 3 is 2.78 bits per heavy atom. The van der Waals surface area contributed by atoms with Gasteiger partial charge in [0.05, 0.1) is 6.61 Å². The molecule has 4 heteroatoms. The molecule has 18 heavy (non-hydrogen) atoms. The van der Waals surface area contributed by atoms with Crippen molar-refractivity contribution in [3.63, 3.8) is 0 Å². The summed E-state index contributed by atoms with van der Waals surface area (Å²) >= 11 is 0. The van der Waals surface area contributed by atoms with Crippen molar-refractivity contribution in [1.29, 1.82) is 0 Å². The van der Waals surface area contributed by atoms with Crippen LogP contribution in [0.3, 0.4) is 0 Å². The first-order valence-electron chi connectivity index (χ1n) is 7.29. The molecule has 0 aliphatic carbocycles. The normalized spacial score (nSPS) is 27.1. The van der Waals surface area contributed by atoms with Gasteiger partial charge in [0, 0.05) is 19.8 Å². The second-order valence-electron chi connectivity index (χ2n) is 5.31. The van der Waals surface area contributed by atoms with Crippen LogP contribution < -0.4 is 0 Å². The second kappa shape index (κ2) is 7.10. The van der Waals surface area contributed by atoms with E-state index >= 15 is 0 Å². The first-order valence-corrected chi connectivity index (χ1v) is 7.29. The molecule has 1 unspecified atom stereocenters. The van der Waals surface area contributed by atoms with Gasteiger partial charge in [-0.1, -0.05) is 6.42 Å². The molecule has 4 nitrogen and oxygen atoms in total. The first kappa shape index (κ1) is 13.8. The van der Waals surface area contributed by atoms with Gasteiger partial charge in [0.15, 0.2) is 0 Å². The van der Waals surface area contributed by atoms with Crippen molar-refractivity contribution in [3.05, 3.63) is 0 Å². The fourth-order valence-corrected chi connectivity index (χ4v) is 2.98. The molecule has 0 radical (unpaired) electrons. The van der Waals surface area contributed by atoms with Crippen LogP contribution in [-0.2, 0) is 14.3 Å². The van der Waals surface area contributed by atoms with E-state index < -0.39 is 0 Å². The van der Waals surface area contributed by atoms with Crippen LogP contribution in [0.5, 0.6) is 0 Å². The van der Waals surface area contributed by atoms with E-state index in [0.29, 0.717) is 12.5 Å². The third kappa shape index (κ3) is 3.69. The Kier molecular flexibility index (Phi) is 5.45. The van der Waals surface area contributed by atoms with Crippen LogP contribution in [0, 0.1) is 5.92 Å². The van der Waals surface area contributed by atoms with Crippen LogP contribution >= 0.6 is 0 Å². The molecular formula is C14H25NO3. The van der Waals surface area contributed by atoms with E-state index in [0.717, 1.165) is 52.0 Å². The van der Waals surface area contributed by atoms with Crippen LogP contribution in [-0.4, -0.2) is 49.8 Å². The number of likely N-dealkylation sites (tertiary alicyclic amines) is 1. The summed E-state index contributed by atoms with van der Waals surface area (Å²) in [5, 5.41) is 0. The van der Waals surface area contributed by atoms with Crippen molar-refractivity contribution in [2.75, 3.05) is 32.9 Å². The summed E-state index contributed by atoms with van der Waals surface area (Å²) in [7, 11) is 0. The molecule has 0 aromatic rings. The molecular weight excluding hydrogens is 230 g/mol. The van der Waals surface area contributed by atoms with Crippen molar-refractivity contribution in [2.24, 2.45) is 5.92 Å². The zero-order valence-electron chi connectivity index (χ0n) is 11.4. The summed E-state index contributed by atoms with van der Waals surface area (Å²) in [4.78, 5) is 14.3. The topological polar surface area (TPSA) is 38.8 Å². The van der Waals surface area contributed by atoms with Crippen molar-refractivity contribution >= 4 is 5.97 Å². The predicted octanol–water partition coefficient (Wildman–Crippen LogP) is 1.83. The van der Waals surface area contributed by atoms with Crippen molar-refractivity contribution in [3.8, 4) is 0 Å². The highest BCUT2D eigenvalue weighted by atomic mass is 16.5. The van der Waals surface area contributed by atoms with Gasteiger partial charge in [-0.25, -0.2) is 0 Å². The summed E-state index contributed by atoms with van der Waals surface area (Å²) in [5.74, 6) is 0.665. The van der Waals surface area contributed by atoms with Gasteiger partial charge in [-0.05, 0) is 45.1 Å². The number of hydrogen-bond acceptors (Lipinski definition) is 4. The molecule has 0 bridgehead atoms. The summed E-state index contributed by atoms with van der Waals surface area (Å²) < 4.78 is 10.6. The highest BCUT2D eigenvalue weighted by Crippen LogP contribution is 2.23. The monoisotopic (exact) mass is 255 g/mol. The van der Waals surface area contributed by atoms with Gasteiger partial charge in [-0.2, -0.15) is 0 Å². The number of carbonyl (C=O) groups is 1. The Hall–Kier alpha value is -0.610. The Morgan fingerprint density at radius 2 is 2.06 bits per heavy atom. The average Bonchev–Trinajstić information content (AvgIpc) is 2.41. The third-order valence-electron chi connectivity index (χ3n) is 4.01. The maximum absolute atomic E-state index is 12.0. The Morgan fingerprint density at radius 1 is 1.28 bits per heavy atom. The van der Waals surface area contributed by atoms with Crippen LogP contribution in [0.1, 0.15) is 39.0 Å². The average molecular weight is 255 g/mol. The van der Waals surface area contributed by atoms with E-state index in [1.165, 1.54) is 6.42 Å². The first-order chi connectivity index (χ1) is 8.81. The van der Waals surface area contributed by atoms with Crippen molar-refractivity contribution in [2.45, 2.75) is 45.1 Å². The Labute approximate surface area is 110 Å². The van der Waals surface area contributed by atoms with Crippen LogP contribution in [0.2, 0.25) is 0 Å². The smallest absolute Gasteiger partial charge is 0.323 e. The maximum Gasteiger partial charge on any atom is 0.323 e. The summed E-state index contributed by atoms with van der Waals surface area (Å²) in [6.45, 7) is 6.20. The van der Waals surface area contributed by atoms with Gasteiger partial charge < -0.3 is 9.47 Å². The number of ether oxygens (including phenoxy) is 2. The number of piperidine rings is 1. The minimum atomic E-state index is -0.0238. The highest BCUT2D eigenvalue weighted by Gasteiger charge is 2.31. The van der Waals surface area contributed by atoms with E-state index in [4.69, 9.17) is 9.47 Å². The Bertz CT molecular complexity index is 264. The molecule has 0 amide bonds. The van der Waals surface area contributed by atoms with Gasteiger partial charge >= 0.3 is 5.97 Å².